The number of hydrogen-bond donors (Lipinski definition) is 1. The van der Waals surface area contributed by atoms with Gasteiger partial charge in [0.05, 0.1) is 12.0 Å². The lowest BCUT2D eigenvalue weighted by molar-refractivity contribution is -0.151. The first-order chi connectivity index (χ1) is 14.3. The lowest BCUT2D eigenvalue weighted by Crippen LogP contribution is -2.28. The molecular weight excluding hydrogens is 384 g/mol. The fraction of sp³-hybridized carbons (Fsp3) is 0.348. The van der Waals surface area contributed by atoms with Gasteiger partial charge in [-0.1, -0.05) is 12.1 Å². The highest BCUT2D eigenvalue weighted by molar-refractivity contribution is 6.00. The van der Waals surface area contributed by atoms with E-state index in [-0.39, 0.29) is 25.0 Å². The van der Waals surface area contributed by atoms with Crippen LogP contribution in [0.1, 0.15) is 25.8 Å². The van der Waals surface area contributed by atoms with Crippen molar-refractivity contribution in [2.24, 2.45) is 5.92 Å². The molecule has 1 aliphatic heterocycles. The van der Waals surface area contributed by atoms with Gasteiger partial charge in [0.15, 0.2) is 6.61 Å². The summed E-state index contributed by atoms with van der Waals surface area (Å²) in [6.07, 6.45) is 0.120. The number of carbonyl (C=O) groups excluding carboxylic acids is 3. The van der Waals surface area contributed by atoms with Gasteiger partial charge in [0, 0.05) is 24.3 Å². The van der Waals surface area contributed by atoms with Crippen LogP contribution in [-0.4, -0.2) is 37.0 Å². The summed E-state index contributed by atoms with van der Waals surface area (Å²) in [4.78, 5) is 38.3. The number of nitrogens with zero attached hydrogens (tertiary/aromatic N) is 1. The second-order valence-corrected chi connectivity index (χ2v) is 7.59. The van der Waals surface area contributed by atoms with Crippen molar-refractivity contribution in [1.29, 1.82) is 0 Å². The van der Waals surface area contributed by atoms with E-state index in [1.807, 2.05) is 39.0 Å². The molecule has 7 heteroatoms. The maximum atomic E-state index is 12.4. The van der Waals surface area contributed by atoms with Gasteiger partial charge in [-0.25, -0.2) is 0 Å². The fourth-order valence-corrected chi connectivity index (χ4v) is 3.27. The van der Waals surface area contributed by atoms with Gasteiger partial charge < -0.3 is 19.7 Å². The maximum Gasteiger partial charge on any atom is 0.311 e. The lowest BCUT2D eigenvalue weighted by Gasteiger charge is -2.17. The first kappa shape index (κ1) is 21.4. The van der Waals surface area contributed by atoms with E-state index in [1.165, 1.54) is 0 Å². The van der Waals surface area contributed by atoms with E-state index in [4.69, 9.17) is 9.47 Å². The van der Waals surface area contributed by atoms with Crippen molar-refractivity contribution >= 4 is 29.2 Å². The zero-order valence-electron chi connectivity index (χ0n) is 17.4. The first-order valence-electron chi connectivity index (χ1n) is 9.92. The Labute approximate surface area is 176 Å². The minimum absolute atomic E-state index is 0.0581. The quantitative estimate of drug-likeness (QED) is 0.708. The molecule has 158 valence electrons. The summed E-state index contributed by atoms with van der Waals surface area (Å²) < 4.78 is 10.7. The van der Waals surface area contributed by atoms with Crippen LogP contribution >= 0.6 is 0 Å². The average Bonchev–Trinajstić information content (AvgIpc) is 3.08. The Morgan fingerprint density at radius 2 is 1.90 bits per heavy atom. The third-order valence-electron chi connectivity index (χ3n) is 4.63. The Morgan fingerprint density at radius 3 is 2.57 bits per heavy atom. The largest absolute Gasteiger partial charge is 0.491 e. The average molecular weight is 410 g/mol. The van der Waals surface area contributed by atoms with Crippen LogP contribution < -0.4 is 15.0 Å². The zero-order valence-corrected chi connectivity index (χ0v) is 17.4. The normalized spacial score (nSPS) is 15.9. The Kier molecular flexibility index (Phi) is 6.72. The minimum atomic E-state index is -0.601. The second-order valence-electron chi connectivity index (χ2n) is 7.59. The molecule has 2 aromatic carbocycles. The van der Waals surface area contributed by atoms with Crippen LogP contribution in [0, 0.1) is 12.8 Å². The summed E-state index contributed by atoms with van der Waals surface area (Å²) in [5.74, 6) is -1.01. The molecule has 7 nitrogen and oxygen atoms in total. The van der Waals surface area contributed by atoms with E-state index < -0.39 is 24.4 Å². The monoisotopic (exact) mass is 410 g/mol. The van der Waals surface area contributed by atoms with Crippen LogP contribution in [-0.2, 0) is 19.1 Å². The highest BCUT2D eigenvalue weighted by Gasteiger charge is 2.36. The molecule has 1 aliphatic rings. The molecule has 0 unspecified atom stereocenters. The highest BCUT2D eigenvalue weighted by atomic mass is 16.5. The van der Waals surface area contributed by atoms with Crippen molar-refractivity contribution < 1.29 is 23.9 Å². The molecule has 2 aromatic rings. The number of esters is 1. The summed E-state index contributed by atoms with van der Waals surface area (Å²) in [6.45, 7) is 5.63. The second kappa shape index (κ2) is 9.43. The molecule has 0 aromatic heterocycles. The number of ether oxygens (including phenoxy) is 2. The molecule has 0 bridgehead atoms. The van der Waals surface area contributed by atoms with Gasteiger partial charge >= 0.3 is 5.97 Å². The molecule has 2 amide bonds. The molecule has 1 saturated heterocycles. The SMILES string of the molecule is Cc1cccc(NC(=O)COC(=O)[C@@H]2CC(=O)N(c3ccc(OC(C)C)cc3)C2)c1. The Bertz CT molecular complexity index is 923. The molecule has 0 spiro atoms. The number of hydrogen-bond acceptors (Lipinski definition) is 5. The summed E-state index contributed by atoms with van der Waals surface area (Å²) in [7, 11) is 0. The van der Waals surface area contributed by atoms with E-state index in [0.717, 1.165) is 11.3 Å². The number of rotatable bonds is 7. The molecule has 1 atom stereocenters. The Hall–Kier alpha value is -3.35. The molecule has 1 N–H and O–H groups in total. The van der Waals surface area contributed by atoms with E-state index in [2.05, 4.69) is 5.32 Å². The molecular formula is C23H26N2O5. The minimum Gasteiger partial charge on any atom is -0.491 e. The maximum absolute atomic E-state index is 12.4. The standard InChI is InChI=1S/C23H26N2O5/c1-15(2)30-20-9-7-19(8-10-20)25-13-17(12-22(25)27)23(28)29-14-21(26)24-18-6-4-5-16(3)11-18/h4-11,15,17H,12-14H2,1-3H3,(H,24,26)/t17-/m1/s1. The van der Waals surface area contributed by atoms with Gasteiger partial charge in [0.2, 0.25) is 5.91 Å². The van der Waals surface area contributed by atoms with Crippen molar-refractivity contribution in [2.45, 2.75) is 33.3 Å². The predicted octanol–water partition coefficient (Wildman–Crippen LogP) is 3.32. The zero-order chi connectivity index (χ0) is 21.7. The number of amides is 2. The van der Waals surface area contributed by atoms with E-state index >= 15 is 0 Å². The Balaban J connectivity index is 1.51. The first-order valence-corrected chi connectivity index (χ1v) is 9.92. The van der Waals surface area contributed by atoms with Gasteiger partial charge in [0.1, 0.15) is 5.75 Å². The van der Waals surface area contributed by atoms with Gasteiger partial charge in [-0.3, -0.25) is 14.4 Å². The van der Waals surface area contributed by atoms with Gasteiger partial charge in [0.25, 0.3) is 5.91 Å². The topological polar surface area (TPSA) is 84.9 Å². The molecule has 30 heavy (non-hydrogen) atoms. The molecule has 1 fully saturated rings. The molecule has 0 saturated carbocycles. The van der Waals surface area contributed by atoms with Crippen LogP contribution in [0.3, 0.4) is 0 Å². The summed E-state index contributed by atoms with van der Waals surface area (Å²) >= 11 is 0. The van der Waals surface area contributed by atoms with Crippen molar-refractivity contribution in [2.75, 3.05) is 23.4 Å². The van der Waals surface area contributed by atoms with Crippen LogP contribution in [0.2, 0.25) is 0 Å². The number of carbonyl (C=O) groups is 3. The number of anilines is 2. The van der Waals surface area contributed by atoms with Gasteiger partial charge in [-0.15, -0.1) is 0 Å². The van der Waals surface area contributed by atoms with E-state index in [9.17, 15) is 14.4 Å². The highest BCUT2D eigenvalue weighted by Crippen LogP contribution is 2.27. The molecule has 0 radical (unpaired) electrons. The van der Waals surface area contributed by atoms with Crippen molar-refractivity contribution in [3.8, 4) is 5.75 Å². The van der Waals surface area contributed by atoms with Crippen LogP contribution in [0.4, 0.5) is 11.4 Å². The van der Waals surface area contributed by atoms with E-state index in [1.54, 1.807) is 35.2 Å². The number of benzene rings is 2. The summed E-state index contributed by atoms with van der Waals surface area (Å²) in [5.41, 5.74) is 2.35. The van der Waals surface area contributed by atoms with Crippen molar-refractivity contribution in [1.82, 2.24) is 0 Å². The van der Waals surface area contributed by atoms with E-state index in [0.29, 0.717) is 11.4 Å². The third-order valence-corrected chi connectivity index (χ3v) is 4.63. The number of nitrogens with one attached hydrogen (secondary N) is 1. The van der Waals surface area contributed by atoms with Crippen LogP contribution in [0.5, 0.6) is 5.75 Å². The number of aryl methyl sites for hydroxylation is 1. The Morgan fingerprint density at radius 1 is 1.17 bits per heavy atom. The summed E-state index contributed by atoms with van der Waals surface area (Å²) in [5, 5.41) is 2.69. The van der Waals surface area contributed by atoms with Crippen LogP contribution in [0.25, 0.3) is 0 Å². The molecule has 0 aliphatic carbocycles. The van der Waals surface area contributed by atoms with Gasteiger partial charge in [-0.2, -0.15) is 0 Å². The fourth-order valence-electron chi connectivity index (χ4n) is 3.27. The third kappa shape index (κ3) is 5.59. The van der Waals surface area contributed by atoms with Gasteiger partial charge in [-0.05, 0) is 62.7 Å². The molecule has 1 heterocycles. The molecule has 3 rings (SSSR count). The smallest absolute Gasteiger partial charge is 0.311 e. The van der Waals surface area contributed by atoms with Crippen molar-refractivity contribution in [3.63, 3.8) is 0 Å². The lowest BCUT2D eigenvalue weighted by atomic mass is 10.1. The van der Waals surface area contributed by atoms with Crippen molar-refractivity contribution in [3.05, 3.63) is 54.1 Å². The summed E-state index contributed by atoms with van der Waals surface area (Å²) in [6, 6.07) is 14.5. The van der Waals surface area contributed by atoms with Crippen LogP contribution in [0.15, 0.2) is 48.5 Å². The predicted molar refractivity (Wildman–Crippen MR) is 113 cm³/mol.